The standard InChI is InChI=1S/C9H19N2O2/c1-9(12)10(2)8-11(13)6-4-3-5-7-11/h13H,3-8H2,1-2H3/q+1. The van der Waals surface area contributed by atoms with Gasteiger partial charge in [0.1, 0.15) is 13.1 Å². The molecule has 0 atom stereocenters. The van der Waals surface area contributed by atoms with Crippen LogP contribution in [-0.4, -0.2) is 47.5 Å². The van der Waals surface area contributed by atoms with E-state index in [1.807, 2.05) is 0 Å². The summed E-state index contributed by atoms with van der Waals surface area (Å²) < 4.78 is 0.0378. The summed E-state index contributed by atoms with van der Waals surface area (Å²) in [6.45, 7) is 3.50. The Kier molecular flexibility index (Phi) is 3.27. The first-order valence-corrected chi connectivity index (χ1v) is 4.84. The van der Waals surface area contributed by atoms with Crippen molar-refractivity contribution in [2.45, 2.75) is 26.2 Å². The third-order valence-electron chi connectivity index (χ3n) is 2.66. The SMILES string of the molecule is CC(=O)N(C)C[N+]1(O)CCCCC1. The van der Waals surface area contributed by atoms with Crippen molar-refractivity contribution >= 4 is 5.91 Å². The van der Waals surface area contributed by atoms with Crippen LogP contribution in [0.15, 0.2) is 0 Å². The maximum absolute atomic E-state index is 11.0. The van der Waals surface area contributed by atoms with Gasteiger partial charge in [-0.3, -0.25) is 9.69 Å². The van der Waals surface area contributed by atoms with E-state index in [2.05, 4.69) is 0 Å². The van der Waals surface area contributed by atoms with Gasteiger partial charge in [-0.25, -0.2) is 5.21 Å². The van der Waals surface area contributed by atoms with Crippen molar-refractivity contribution in [2.75, 3.05) is 26.8 Å². The Hall–Kier alpha value is -0.610. The van der Waals surface area contributed by atoms with Gasteiger partial charge >= 0.3 is 0 Å². The first-order valence-electron chi connectivity index (χ1n) is 4.84. The molecule has 13 heavy (non-hydrogen) atoms. The van der Waals surface area contributed by atoms with Crippen LogP contribution in [-0.2, 0) is 4.79 Å². The lowest BCUT2D eigenvalue weighted by Gasteiger charge is -2.35. The Bertz CT molecular complexity index is 188. The second-order valence-electron chi connectivity index (χ2n) is 3.96. The second kappa shape index (κ2) is 4.07. The van der Waals surface area contributed by atoms with Crippen LogP contribution in [0.4, 0.5) is 0 Å². The second-order valence-corrected chi connectivity index (χ2v) is 3.96. The Morgan fingerprint density at radius 3 is 2.38 bits per heavy atom. The van der Waals surface area contributed by atoms with Gasteiger partial charge in [-0.1, -0.05) is 0 Å². The van der Waals surface area contributed by atoms with Crippen LogP contribution in [0.1, 0.15) is 26.2 Å². The Morgan fingerprint density at radius 1 is 1.38 bits per heavy atom. The average Bonchev–Trinajstić information content (AvgIpc) is 2.04. The first-order chi connectivity index (χ1) is 6.03. The van der Waals surface area contributed by atoms with Gasteiger partial charge < -0.3 is 0 Å². The predicted molar refractivity (Wildman–Crippen MR) is 48.9 cm³/mol. The molecule has 1 N–H and O–H groups in total. The molecule has 0 bridgehead atoms. The van der Waals surface area contributed by atoms with Gasteiger partial charge in [0.2, 0.25) is 5.91 Å². The Labute approximate surface area is 79.3 Å². The summed E-state index contributed by atoms with van der Waals surface area (Å²) >= 11 is 0. The number of likely N-dealkylation sites (tertiary alicyclic amines) is 1. The number of hydroxylamine groups is 3. The maximum atomic E-state index is 11.0. The van der Waals surface area contributed by atoms with Crippen LogP contribution < -0.4 is 0 Å². The largest absolute Gasteiger partial charge is 0.296 e. The first kappa shape index (κ1) is 10.5. The number of piperidine rings is 1. The van der Waals surface area contributed by atoms with Crippen molar-refractivity contribution in [2.24, 2.45) is 0 Å². The number of nitrogens with zero attached hydrogens (tertiary/aromatic N) is 2. The van der Waals surface area contributed by atoms with Crippen LogP contribution in [0.25, 0.3) is 0 Å². The minimum absolute atomic E-state index is 0.0112. The van der Waals surface area contributed by atoms with E-state index in [1.54, 1.807) is 11.9 Å². The van der Waals surface area contributed by atoms with Gasteiger partial charge in [0.25, 0.3) is 0 Å². The van der Waals surface area contributed by atoms with Crippen LogP contribution in [0.3, 0.4) is 0 Å². The Morgan fingerprint density at radius 2 is 1.92 bits per heavy atom. The highest BCUT2D eigenvalue weighted by molar-refractivity contribution is 5.72. The van der Waals surface area contributed by atoms with Crippen molar-refractivity contribution in [3.63, 3.8) is 0 Å². The molecule has 0 unspecified atom stereocenters. The van der Waals surface area contributed by atoms with E-state index < -0.39 is 0 Å². The molecule has 0 aromatic heterocycles. The average molecular weight is 187 g/mol. The van der Waals surface area contributed by atoms with Crippen LogP contribution in [0.2, 0.25) is 0 Å². The number of rotatable bonds is 2. The molecule has 1 rings (SSSR count). The number of amides is 1. The molecule has 1 aliphatic rings. The molecule has 1 saturated heterocycles. The molecule has 1 heterocycles. The molecule has 76 valence electrons. The highest BCUT2D eigenvalue weighted by Crippen LogP contribution is 2.15. The van der Waals surface area contributed by atoms with Crippen LogP contribution >= 0.6 is 0 Å². The van der Waals surface area contributed by atoms with E-state index in [4.69, 9.17) is 0 Å². The fourth-order valence-corrected chi connectivity index (χ4v) is 1.74. The predicted octanol–water partition coefficient (Wildman–Crippen LogP) is 0.812. The topological polar surface area (TPSA) is 40.5 Å². The molecule has 0 radical (unpaired) electrons. The molecule has 0 aromatic carbocycles. The molecular formula is C9H19N2O2+. The molecule has 0 aliphatic carbocycles. The normalized spacial score (nSPS) is 21.2. The monoisotopic (exact) mass is 187 g/mol. The quantitative estimate of drug-likeness (QED) is 0.650. The zero-order valence-corrected chi connectivity index (χ0v) is 8.49. The highest BCUT2D eigenvalue weighted by Gasteiger charge is 2.30. The summed E-state index contributed by atoms with van der Waals surface area (Å²) in [7, 11) is 1.73. The lowest BCUT2D eigenvalue weighted by atomic mass is 10.1. The molecule has 0 aromatic rings. The third kappa shape index (κ3) is 2.97. The third-order valence-corrected chi connectivity index (χ3v) is 2.66. The minimum Gasteiger partial charge on any atom is -0.296 e. The zero-order chi connectivity index (χ0) is 9.90. The molecule has 1 amide bonds. The van der Waals surface area contributed by atoms with Crippen molar-refractivity contribution < 1.29 is 14.6 Å². The van der Waals surface area contributed by atoms with Crippen molar-refractivity contribution in [1.29, 1.82) is 0 Å². The van der Waals surface area contributed by atoms with Gasteiger partial charge in [-0.2, -0.15) is 4.65 Å². The summed E-state index contributed by atoms with van der Waals surface area (Å²) in [5.41, 5.74) is 0. The van der Waals surface area contributed by atoms with E-state index in [1.165, 1.54) is 13.3 Å². The molecule has 0 saturated carbocycles. The number of carbonyl (C=O) groups is 1. The number of carbonyl (C=O) groups excluding carboxylic acids is 1. The van der Waals surface area contributed by atoms with Gasteiger partial charge in [0, 0.05) is 14.0 Å². The van der Waals surface area contributed by atoms with Crippen molar-refractivity contribution in [3.05, 3.63) is 0 Å². The fraction of sp³-hybridized carbons (Fsp3) is 0.889. The zero-order valence-electron chi connectivity index (χ0n) is 8.49. The van der Waals surface area contributed by atoms with E-state index >= 15 is 0 Å². The number of hydrogen-bond donors (Lipinski definition) is 1. The van der Waals surface area contributed by atoms with E-state index in [-0.39, 0.29) is 10.6 Å². The van der Waals surface area contributed by atoms with Gasteiger partial charge in [-0.15, -0.1) is 0 Å². The van der Waals surface area contributed by atoms with Crippen molar-refractivity contribution in [3.8, 4) is 0 Å². The summed E-state index contributed by atoms with van der Waals surface area (Å²) in [5.74, 6) is 0.0112. The van der Waals surface area contributed by atoms with Gasteiger partial charge in [0.15, 0.2) is 6.67 Å². The van der Waals surface area contributed by atoms with E-state index in [9.17, 15) is 10.0 Å². The number of hydrogen-bond acceptors (Lipinski definition) is 2. The minimum atomic E-state index is 0.0112. The summed E-state index contributed by atoms with van der Waals surface area (Å²) in [6.07, 6.45) is 3.31. The summed E-state index contributed by atoms with van der Waals surface area (Å²) in [5, 5.41) is 10.0. The molecule has 1 fully saturated rings. The Balaban J connectivity index is 2.45. The molecule has 4 nitrogen and oxygen atoms in total. The van der Waals surface area contributed by atoms with Gasteiger partial charge in [-0.05, 0) is 19.3 Å². The van der Waals surface area contributed by atoms with E-state index in [0.29, 0.717) is 6.67 Å². The smallest absolute Gasteiger partial charge is 0.223 e. The summed E-state index contributed by atoms with van der Waals surface area (Å²) in [6, 6.07) is 0. The molecule has 0 spiro atoms. The molecular weight excluding hydrogens is 168 g/mol. The maximum Gasteiger partial charge on any atom is 0.223 e. The van der Waals surface area contributed by atoms with Crippen LogP contribution in [0, 0.1) is 0 Å². The lowest BCUT2D eigenvalue weighted by Crippen LogP contribution is -2.54. The van der Waals surface area contributed by atoms with Gasteiger partial charge in [0.05, 0.1) is 0 Å². The fourth-order valence-electron chi connectivity index (χ4n) is 1.74. The highest BCUT2D eigenvalue weighted by atomic mass is 16.5. The number of quaternary nitrogens is 1. The van der Waals surface area contributed by atoms with E-state index in [0.717, 1.165) is 25.9 Å². The summed E-state index contributed by atoms with van der Waals surface area (Å²) in [4.78, 5) is 12.5. The van der Waals surface area contributed by atoms with Crippen LogP contribution in [0.5, 0.6) is 0 Å². The molecule has 4 heteroatoms. The molecule has 1 aliphatic heterocycles. The lowest BCUT2D eigenvalue weighted by molar-refractivity contribution is -1.11. The van der Waals surface area contributed by atoms with Crippen molar-refractivity contribution in [1.82, 2.24) is 4.90 Å².